The molecule has 0 saturated carbocycles. The van der Waals surface area contributed by atoms with Gasteiger partial charge in [-0.3, -0.25) is 9.59 Å². The molecule has 7 nitrogen and oxygen atoms in total. The van der Waals surface area contributed by atoms with Gasteiger partial charge in [0.1, 0.15) is 22.0 Å². The van der Waals surface area contributed by atoms with Gasteiger partial charge in [0.25, 0.3) is 5.91 Å². The summed E-state index contributed by atoms with van der Waals surface area (Å²) in [5, 5.41) is 2.64. The number of carbonyl (C=O) groups is 3. The Morgan fingerprint density at radius 2 is 1.79 bits per heavy atom. The topological polar surface area (TPSA) is 108 Å². The molecule has 1 amide bonds. The summed E-state index contributed by atoms with van der Waals surface area (Å²) in [7, 11) is 1.47. The van der Waals surface area contributed by atoms with Crippen LogP contribution in [0.1, 0.15) is 51.9 Å². The van der Waals surface area contributed by atoms with Crippen LogP contribution in [0.3, 0.4) is 0 Å². The SMILES string of the molecule is CCOC(=O)c1c(N)sc(C(=O)NC)c1COC(=O)C(C)(C)c1ccccc1. The van der Waals surface area contributed by atoms with Crippen LogP contribution in [0.2, 0.25) is 0 Å². The van der Waals surface area contributed by atoms with E-state index in [1.165, 1.54) is 7.05 Å². The number of nitrogens with one attached hydrogen (secondary N) is 1. The Balaban J connectivity index is 2.33. The van der Waals surface area contributed by atoms with Gasteiger partial charge in [0.05, 0.1) is 12.0 Å². The van der Waals surface area contributed by atoms with Crippen molar-refractivity contribution in [3.05, 3.63) is 51.9 Å². The summed E-state index contributed by atoms with van der Waals surface area (Å²) in [5.74, 6) is -1.55. The normalized spacial score (nSPS) is 11.0. The number of rotatable bonds is 7. The molecule has 0 aliphatic heterocycles. The first-order valence-corrected chi connectivity index (χ1v) is 9.58. The van der Waals surface area contributed by atoms with Crippen molar-refractivity contribution >= 4 is 34.2 Å². The molecule has 0 fully saturated rings. The molecule has 8 heteroatoms. The van der Waals surface area contributed by atoms with Gasteiger partial charge in [-0.15, -0.1) is 11.3 Å². The van der Waals surface area contributed by atoms with Crippen molar-refractivity contribution in [1.29, 1.82) is 0 Å². The lowest BCUT2D eigenvalue weighted by atomic mass is 9.85. The number of thiophene rings is 1. The third kappa shape index (κ3) is 4.33. The molecule has 0 atom stereocenters. The van der Waals surface area contributed by atoms with Crippen molar-refractivity contribution in [3.63, 3.8) is 0 Å². The lowest BCUT2D eigenvalue weighted by Gasteiger charge is -2.23. The highest BCUT2D eigenvalue weighted by molar-refractivity contribution is 7.18. The summed E-state index contributed by atoms with van der Waals surface area (Å²) in [5.41, 5.74) is 6.15. The lowest BCUT2D eigenvalue weighted by molar-refractivity contribution is -0.150. The van der Waals surface area contributed by atoms with E-state index < -0.39 is 23.3 Å². The zero-order chi connectivity index (χ0) is 20.9. The average molecular weight is 404 g/mol. The average Bonchev–Trinajstić information content (AvgIpc) is 3.02. The highest BCUT2D eigenvalue weighted by Crippen LogP contribution is 2.33. The summed E-state index contributed by atoms with van der Waals surface area (Å²) in [6.45, 7) is 5.06. The molecule has 3 N–H and O–H groups in total. The van der Waals surface area contributed by atoms with Crippen LogP contribution in [-0.4, -0.2) is 31.5 Å². The van der Waals surface area contributed by atoms with Crippen LogP contribution < -0.4 is 11.1 Å². The van der Waals surface area contributed by atoms with Gasteiger partial charge in [0.15, 0.2) is 0 Å². The molecule has 0 unspecified atom stereocenters. The molecule has 0 saturated heterocycles. The van der Waals surface area contributed by atoms with Crippen molar-refractivity contribution < 1.29 is 23.9 Å². The molecule has 1 aromatic heterocycles. The summed E-state index contributed by atoms with van der Waals surface area (Å²) in [6.07, 6.45) is 0. The first-order valence-electron chi connectivity index (χ1n) is 8.77. The number of carbonyl (C=O) groups excluding carboxylic acids is 3. The van der Waals surface area contributed by atoms with Gasteiger partial charge < -0.3 is 20.5 Å². The lowest BCUT2D eigenvalue weighted by Crippen LogP contribution is -2.31. The van der Waals surface area contributed by atoms with E-state index in [1.807, 2.05) is 30.3 Å². The number of hydrogen-bond donors (Lipinski definition) is 2. The summed E-state index contributed by atoms with van der Waals surface area (Å²) < 4.78 is 10.5. The van der Waals surface area contributed by atoms with Gasteiger partial charge in [-0.05, 0) is 26.3 Å². The van der Waals surface area contributed by atoms with Crippen LogP contribution in [0.5, 0.6) is 0 Å². The van der Waals surface area contributed by atoms with Crippen LogP contribution in [0.25, 0.3) is 0 Å². The Hall–Kier alpha value is -2.87. The number of esters is 2. The van der Waals surface area contributed by atoms with E-state index in [9.17, 15) is 14.4 Å². The molecule has 0 bridgehead atoms. The molecule has 28 heavy (non-hydrogen) atoms. The Morgan fingerprint density at radius 3 is 2.36 bits per heavy atom. The number of amides is 1. The van der Waals surface area contributed by atoms with Crippen molar-refractivity contribution in [3.8, 4) is 0 Å². The summed E-state index contributed by atoms with van der Waals surface area (Å²) >= 11 is 0.957. The smallest absolute Gasteiger partial charge is 0.341 e. The van der Waals surface area contributed by atoms with Crippen LogP contribution >= 0.6 is 11.3 Å². The van der Waals surface area contributed by atoms with Crippen molar-refractivity contribution in [2.24, 2.45) is 0 Å². The van der Waals surface area contributed by atoms with Crippen LogP contribution in [-0.2, 0) is 26.3 Å². The second-order valence-corrected chi connectivity index (χ2v) is 7.57. The van der Waals surface area contributed by atoms with E-state index in [4.69, 9.17) is 15.2 Å². The highest BCUT2D eigenvalue weighted by Gasteiger charge is 2.33. The Labute approximate surface area is 167 Å². The van der Waals surface area contributed by atoms with Gasteiger partial charge in [-0.2, -0.15) is 0 Å². The Bertz CT molecular complexity index is 874. The molecule has 0 aliphatic carbocycles. The number of hydrogen-bond acceptors (Lipinski definition) is 7. The number of benzene rings is 1. The predicted octanol–water partition coefficient (Wildman–Crippen LogP) is 2.89. The fourth-order valence-corrected chi connectivity index (χ4v) is 3.64. The maximum Gasteiger partial charge on any atom is 0.341 e. The fourth-order valence-electron chi connectivity index (χ4n) is 2.64. The van der Waals surface area contributed by atoms with Crippen LogP contribution in [0.4, 0.5) is 5.00 Å². The quantitative estimate of drug-likeness (QED) is 0.687. The van der Waals surface area contributed by atoms with E-state index in [1.54, 1.807) is 20.8 Å². The number of ether oxygens (including phenoxy) is 2. The third-order valence-corrected chi connectivity index (χ3v) is 5.36. The minimum atomic E-state index is -0.903. The zero-order valence-electron chi connectivity index (χ0n) is 16.3. The maximum atomic E-state index is 12.7. The molecule has 2 aromatic rings. The molecule has 150 valence electrons. The van der Waals surface area contributed by atoms with Gasteiger partial charge in [-0.1, -0.05) is 30.3 Å². The van der Waals surface area contributed by atoms with Gasteiger partial charge in [-0.25, -0.2) is 4.79 Å². The highest BCUT2D eigenvalue weighted by atomic mass is 32.1. The molecule has 1 heterocycles. The first-order chi connectivity index (χ1) is 13.2. The largest absolute Gasteiger partial charge is 0.462 e. The van der Waals surface area contributed by atoms with Gasteiger partial charge >= 0.3 is 11.9 Å². The van der Waals surface area contributed by atoms with Crippen molar-refractivity contribution in [2.75, 3.05) is 19.4 Å². The first kappa shape index (κ1) is 21.4. The molecular weight excluding hydrogens is 380 g/mol. The van der Waals surface area contributed by atoms with Gasteiger partial charge in [0, 0.05) is 12.6 Å². The van der Waals surface area contributed by atoms with Crippen molar-refractivity contribution in [2.45, 2.75) is 32.8 Å². The second-order valence-electron chi connectivity index (χ2n) is 6.52. The van der Waals surface area contributed by atoms with E-state index in [0.717, 1.165) is 16.9 Å². The van der Waals surface area contributed by atoms with E-state index in [-0.39, 0.29) is 34.2 Å². The molecule has 1 aromatic carbocycles. The second kappa shape index (κ2) is 8.88. The molecule has 2 rings (SSSR count). The summed E-state index contributed by atoms with van der Waals surface area (Å²) in [4.78, 5) is 37.5. The summed E-state index contributed by atoms with van der Waals surface area (Å²) in [6, 6.07) is 9.22. The Kier molecular flexibility index (Phi) is 6.80. The Morgan fingerprint density at radius 1 is 1.14 bits per heavy atom. The monoisotopic (exact) mass is 404 g/mol. The standard InChI is InChI=1S/C20H24N2O5S/c1-5-26-18(24)14-13(15(17(23)22-4)28-16(14)21)11-27-19(25)20(2,3)12-9-7-6-8-10-12/h6-10H,5,11,21H2,1-4H3,(H,22,23). The number of nitrogens with two attached hydrogens (primary N) is 1. The van der Waals surface area contributed by atoms with Crippen LogP contribution in [0.15, 0.2) is 30.3 Å². The molecule has 0 aliphatic rings. The fraction of sp³-hybridized carbons (Fsp3) is 0.350. The van der Waals surface area contributed by atoms with Crippen LogP contribution in [0, 0.1) is 0 Å². The molecular formula is C20H24N2O5S. The maximum absolute atomic E-state index is 12.7. The van der Waals surface area contributed by atoms with E-state index in [2.05, 4.69) is 5.32 Å². The van der Waals surface area contributed by atoms with E-state index in [0.29, 0.717) is 0 Å². The predicted molar refractivity (Wildman–Crippen MR) is 107 cm³/mol. The van der Waals surface area contributed by atoms with Gasteiger partial charge in [0.2, 0.25) is 0 Å². The number of nitrogen functional groups attached to an aromatic ring is 1. The molecule has 0 radical (unpaired) electrons. The van der Waals surface area contributed by atoms with Crippen molar-refractivity contribution in [1.82, 2.24) is 5.32 Å². The zero-order valence-corrected chi connectivity index (χ0v) is 17.1. The minimum Gasteiger partial charge on any atom is -0.462 e. The number of anilines is 1. The molecule has 0 spiro atoms. The third-order valence-electron chi connectivity index (χ3n) is 4.30. The van der Waals surface area contributed by atoms with E-state index >= 15 is 0 Å². The minimum absolute atomic E-state index is 0.0655.